The molecule has 50 heavy (non-hydrogen) atoms. The van der Waals surface area contributed by atoms with Gasteiger partial charge < -0.3 is 26.4 Å². The van der Waals surface area contributed by atoms with Gasteiger partial charge in [0.05, 0.1) is 6.04 Å². The van der Waals surface area contributed by atoms with Crippen molar-refractivity contribution in [3.05, 3.63) is 47.5 Å². The van der Waals surface area contributed by atoms with Gasteiger partial charge in [-0.25, -0.2) is 4.79 Å². The van der Waals surface area contributed by atoms with E-state index in [9.17, 15) is 38.4 Å². The van der Waals surface area contributed by atoms with E-state index in [0.29, 0.717) is 50.8 Å². The fourth-order valence-corrected chi connectivity index (χ4v) is 5.32. The highest BCUT2D eigenvalue weighted by Crippen LogP contribution is 2.20. The van der Waals surface area contributed by atoms with Crippen LogP contribution in [0.4, 0.5) is 4.79 Å². The molecule has 1 aliphatic rings. The number of nitrogens with one attached hydrogen (secondary N) is 3. The van der Waals surface area contributed by atoms with Gasteiger partial charge in [0.2, 0.25) is 11.8 Å². The van der Waals surface area contributed by atoms with Gasteiger partial charge >= 0.3 is 12.0 Å². The van der Waals surface area contributed by atoms with Crippen molar-refractivity contribution in [2.24, 2.45) is 17.6 Å². The summed E-state index contributed by atoms with van der Waals surface area (Å²) in [5, 5.41) is 7.96. The van der Waals surface area contributed by atoms with E-state index in [-0.39, 0.29) is 86.4 Å². The lowest BCUT2D eigenvalue weighted by atomic mass is 9.88. The van der Waals surface area contributed by atoms with Crippen LogP contribution in [-0.2, 0) is 51.3 Å². The van der Waals surface area contributed by atoms with Gasteiger partial charge in [-0.05, 0) is 49.1 Å². The van der Waals surface area contributed by atoms with Gasteiger partial charge in [0.15, 0.2) is 5.78 Å². The highest BCUT2D eigenvalue weighted by Gasteiger charge is 2.29. The third-order valence-corrected chi connectivity index (χ3v) is 8.23. The van der Waals surface area contributed by atoms with Crippen molar-refractivity contribution in [1.29, 1.82) is 0 Å². The number of ketones is 2. The number of hydrogen-bond donors (Lipinski definition) is 4. The Morgan fingerprint density at radius 1 is 0.820 bits per heavy atom. The first-order chi connectivity index (χ1) is 23.8. The summed E-state index contributed by atoms with van der Waals surface area (Å²) in [6.07, 6.45) is 5.82. The minimum Gasteiger partial charge on any atom is -0.461 e. The third-order valence-electron chi connectivity index (χ3n) is 8.23. The number of primary amides is 1. The van der Waals surface area contributed by atoms with Crippen LogP contribution in [0, 0.1) is 11.8 Å². The number of Topliss-reactive ketones (excluding diaryl/α,β-unsaturated/α-hetero) is 2. The highest BCUT2D eigenvalue weighted by atomic mass is 16.5. The number of carbonyl (C=O) groups is 8. The van der Waals surface area contributed by atoms with Crippen molar-refractivity contribution in [3.63, 3.8) is 0 Å². The van der Waals surface area contributed by atoms with Crippen molar-refractivity contribution in [2.75, 3.05) is 19.6 Å². The van der Waals surface area contributed by atoms with Crippen molar-refractivity contribution in [1.82, 2.24) is 20.9 Å². The first kappa shape index (κ1) is 41.3. The van der Waals surface area contributed by atoms with Crippen molar-refractivity contribution in [3.8, 4) is 0 Å². The molecule has 0 fully saturated rings. The Balaban J connectivity index is 1.91. The van der Waals surface area contributed by atoms with Crippen LogP contribution < -0.4 is 21.7 Å². The Bertz CT molecular complexity index is 1370. The molecular formula is C36H51N5O9. The fourth-order valence-electron chi connectivity index (χ4n) is 5.32. The predicted molar refractivity (Wildman–Crippen MR) is 184 cm³/mol. The van der Waals surface area contributed by atoms with Crippen LogP contribution in [0.3, 0.4) is 0 Å². The minimum absolute atomic E-state index is 0.0159. The van der Waals surface area contributed by atoms with Crippen LogP contribution in [-0.4, -0.2) is 77.8 Å². The molecule has 5 N–H and O–H groups in total. The van der Waals surface area contributed by atoms with Gasteiger partial charge in [0, 0.05) is 70.3 Å². The largest absolute Gasteiger partial charge is 0.461 e. The maximum absolute atomic E-state index is 13.5. The Hall–Kier alpha value is -4.88. The molecule has 0 aliphatic carbocycles. The molecule has 6 amide bonds. The highest BCUT2D eigenvalue weighted by molar-refractivity contribution is 6.12. The van der Waals surface area contributed by atoms with Crippen LogP contribution >= 0.6 is 0 Å². The summed E-state index contributed by atoms with van der Waals surface area (Å²) in [5.74, 6) is -2.77. The van der Waals surface area contributed by atoms with E-state index >= 15 is 0 Å². The third kappa shape index (κ3) is 16.0. The monoisotopic (exact) mass is 697 g/mol. The normalized spacial score (nSPS) is 13.6. The maximum Gasteiger partial charge on any atom is 0.312 e. The number of rotatable bonds is 24. The topological polar surface area (TPSA) is 211 Å². The van der Waals surface area contributed by atoms with E-state index in [1.54, 1.807) is 24.3 Å². The first-order valence-corrected chi connectivity index (χ1v) is 17.2. The maximum atomic E-state index is 13.5. The first-order valence-electron chi connectivity index (χ1n) is 17.2. The number of urea groups is 1. The van der Waals surface area contributed by atoms with Gasteiger partial charge in [-0.2, -0.15) is 0 Å². The second kappa shape index (κ2) is 22.0. The van der Waals surface area contributed by atoms with E-state index in [4.69, 9.17) is 10.5 Å². The number of amides is 6. The van der Waals surface area contributed by atoms with E-state index in [1.807, 2.05) is 13.8 Å². The molecule has 2 rings (SSSR count). The molecule has 1 aromatic rings. The second-order valence-electron chi connectivity index (χ2n) is 12.8. The number of nitrogens with zero attached hydrogens (tertiary/aromatic N) is 1. The molecule has 274 valence electrons. The number of ether oxygens (including phenoxy) is 1. The van der Waals surface area contributed by atoms with E-state index in [1.165, 1.54) is 24.0 Å². The predicted octanol–water partition coefficient (Wildman–Crippen LogP) is 2.41. The van der Waals surface area contributed by atoms with Gasteiger partial charge in [0.25, 0.3) is 11.8 Å². The number of hydrogen-bond acceptors (Lipinski definition) is 9. The molecule has 2 unspecified atom stereocenters. The molecule has 2 atom stereocenters. The molecule has 14 nitrogen and oxygen atoms in total. The summed E-state index contributed by atoms with van der Waals surface area (Å²) in [6.45, 7) is 6.05. The average Bonchev–Trinajstić information content (AvgIpc) is 3.38. The number of imide groups is 1. The van der Waals surface area contributed by atoms with Crippen LogP contribution in [0.2, 0.25) is 0 Å². The van der Waals surface area contributed by atoms with E-state index in [2.05, 4.69) is 16.0 Å². The van der Waals surface area contributed by atoms with Crippen LogP contribution in [0.5, 0.6) is 0 Å². The van der Waals surface area contributed by atoms with Gasteiger partial charge in [-0.3, -0.25) is 38.5 Å². The van der Waals surface area contributed by atoms with Gasteiger partial charge in [0.1, 0.15) is 12.4 Å². The van der Waals surface area contributed by atoms with Crippen molar-refractivity contribution >= 4 is 47.2 Å². The summed E-state index contributed by atoms with van der Waals surface area (Å²) in [4.78, 5) is 98.3. The number of nitrogens with two attached hydrogens (primary N) is 1. The Morgan fingerprint density at radius 2 is 1.46 bits per heavy atom. The van der Waals surface area contributed by atoms with Crippen LogP contribution in [0.25, 0.3) is 0 Å². The molecule has 0 aromatic heterocycles. The Kier molecular flexibility index (Phi) is 18.1. The fraction of sp³-hybridized carbons (Fsp3) is 0.556. The molecule has 0 bridgehead atoms. The molecular weight excluding hydrogens is 646 g/mol. The van der Waals surface area contributed by atoms with Crippen LogP contribution in [0.1, 0.15) is 89.7 Å². The number of carbonyl (C=O) groups excluding carboxylic acids is 8. The van der Waals surface area contributed by atoms with E-state index < -0.39 is 23.9 Å². The summed E-state index contributed by atoms with van der Waals surface area (Å²) in [6, 6.07) is 5.44. The van der Waals surface area contributed by atoms with E-state index in [0.717, 1.165) is 5.56 Å². The van der Waals surface area contributed by atoms with Gasteiger partial charge in [-0.15, -0.1) is 0 Å². The Morgan fingerprint density at radius 3 is 2.08 bits per heavy atom. The number of unbranched alkanes of at least 4 members (excludes halogenated alkanes) is 2. The second-order valence-corrected chi connectivity index (χ2v) is 12.8. The quantitative estimate of drug-likeness (QED) is 0.0709. The number of benzene rings is 1. The standard InChI is InChI=1S/C36H51N5O9/c1-24(2)29(22-28(43)9-5-4-6-20-41-32(45)16-17-33(41)46)35(48)40-30(10-7-19-39-36(37)49)31(44)21-26-12-14-27(15-13-26)23-50-34(47)11-8-18-38-25(3)42/h12-17,24,29-30H,4-11,18-23H2,1-3H3,(H,38,42)(H,40,48)(H3,37,39,49). The Labute approximate surface area is 293 Å². The van der Waals surface area contributed by atoms with Crippen molar-refractivity contribution < 1.29 is 43.1 Å². The molecule has 0 spiro atoms. The SMILES string of the molecule is CC(=O)NCCCC(=O)OCc1ccc(CC(=O)C(CCCNC(N)=O)NC(=O)C(CC(=O)CCCCCN2C(=O)C=CC2=O)C(C)C)cc1. The molecule has 1 heterocycles. The zero-order chi connectivity index (χ0) is 37.1. The van der Waals surface area contributed by atoms with Crippen LogP contribution in [0.15, 0.2) is 36.4 Å². The lowest BCUT2D eigenvalue weighted by molar-refractivity contribution is -0.145. The summed E-state index contributed by atoms with van der Waals surface area (Å²) in [7, 11) is 0. The lowest BCUT2D eigenvalue weighted by Gasteiger charge is -2.24. The molecule has 0 radical (unpaired) electrons. The zero-order valence-corrected chi connectivity index (χ0v) is 29.3. The smallest absolute Gasteiger partial charge is 0.312 e. The lowest BCUT2D eigenvalue weighted by Crippen LogP contribution is -2.46. The van der Waals surface area contributed by atoms with Gasteiger partial charge in [-0.1, -0.05) is 44.5 Å². The zero-order valence-electron chi connectivity index (χ0n) is 29.3. The summed E-state index contributed by atoms with van der Waals surface area (Å²) in [5.41, 5.74) is 6.59. The minimum atomic E-state index is -0.864. The molecule has 14 heteroatoms. The summed E-state index contributed by atoms with van der Waals surface area (Å²) < 4.78 is 5.28. The molecule has 0 saturated heterocycles. The summed E-state index contributed by atoms with van der Waals surface area (Å²) >= 11 is 0. The average molecular weight is 698 g/mol. The number of esters is 1. The van der Waals surface area contributed by atoms with Crippen molar-refractivity contribution in [2.45, 2.75) is 97.6 Å². The molecule has 1 aromatic carbocycles. The molecule has 0 saturated carbocycles. The molecule has 1 aliphatic heterocycles.